The van der Waals surface area contributed by atoms with Crippen molar-refractivity contribution < 1.29 is 9.47 Å². The summed E-state index contributed by atoms with van der Waals surface area (Å²) >= 11 is 0. The fourth-order valence-electron chi connectivity index (χ4n) is 4.46. The lowest BCUT2D eigenvalue weighted by atomic mass is 10.1. The highest BCUT2D eigenvalue weighted by atomic mass is 16.5. The maximum atomic E-state index is 13.3. The number of fused-ring (bicyclic) bond motifs is 2. The highest BCUT2D eigenvalue weighted by molar-refractivity contribution is 5.94. The molecule has 186 valence electrons. The van der Waals surface area contributed by atoms with Gasteiger partial charge in [-0.1, -0.05) is 27.7 Å². The van der Waals surface area contributed by atoms with E-state index < -0.39 is 0 Å². The molecule has 6 heteroatoms. The predicted molar refractivity (Wildman–Crippen MR) is 142 cm³/mol. The van der Waals surface area contributed by atoms with Gasteiger partial charge in [0.1, 0.15) is 11.5 Å². The number of hydrogen-bond donors (Lipinski definition) is 0. The third-order valence-electron chi connectivity index (χ3n) is 6.71. The van der Waals surface area contributed by atoms with E-state index in [0.717, 1.165) is 74.6 Å². The third kappa shape index (κ3) is 6.30. The van der Waals surface area contributed by atoms with E-state index in [1.165, 1.54) is 0 Å². The van der Waals surface area contributed by atoms with E-state index in [1.807, 2.05) is 43.4 Å². The van der Waals surface area contributed by atoms with Gasteiger partial charge in [0, 0.05) is 37.0 Å². The second-order valence-electron chi connectivity index (χ2n) is 8.70. The molecule has 0 saturated carbocycles. The number of aryl methyl sites for hydroxylation is 1. The van der Waals surface area contributed by atoms with Crippen LogP contribution >= 0.6 is 0 Å². The fraction of sp³-hybridized carbons (Fsp3) is 0.536. The summed E-state index contributed by atoms with van der Waals surface area (Å²) in [7, 11) is 2.00. The maximum Gasteiger partial charge on any atom is 0.197 e. The van der Waals surface area contributed by atoms with Crippen molar-refractivity contribution in [3.8, 4) is 11.5 Å². The molecule has 0 unspecified atom stereocenters. The van der Waals surface area contributed by atoms with Crippen LogP contribution in [0.3, 0.4) is 0 Å². The molecular weight excluding hydrogens is 426 g/mol. The Bertz CT molecular complexity index is 1120. The van der Waals surface area contributed by atoms with Gasteiger partial charge in [0.25, 0.3) is 0 Å². The van der Waals surface area contributed by atoms with Crippen molar-refractivity contribution in [1.29, 1.82) is 0 Å². The Morgan fingerprint density at radius 3 is 1.79 bits per heavy atom. The van der Waals surface area contributed by atoms with Gasteiger partial charge in [-0.05, 0) is 69.4 Å². The second kappa shape index (κ2) is 12.8. The summed E-state index contributed by atoms with van der Waals surface area (Å²) in [6.45, 7) is 16.3. The summed E-state index contributed by atoms with van der Waals surface area (Å²) in [5.41, 5.74) is 1.81. The van der Waals surface area contributed by atoms with E-state index in [0.29, 0.717) is 24.0 Å². The molecule has 34 heavy (non-hydrogen) atoms. The molecule has 1 heterocycles. The Hall–Kier alpha value is -2.57. The van der Waals surface area contributed by atoms with E-state index in [-0.39, 0.29) is 5.43 Å². The SMILES string of the molecule is CCN(CC)CCCOc1ccc2c(c1)c(=O)c1ccc(OCCCN(CC)CC)cc1n2C. The van der Waals surface area contributed by atoms with E-state index in [2.05, 4.69) is 42.1 Å². The minimum absolute atomic E-state index is 0.0322. The summed E-state index contributed by atoms with van der Waals surface area (Å²) < 4.78 is 14.0. The number of rotatable bonds is 14. The zero-order valence-electron chi connectivity index (χ0n) is 21.6. The van der Waals surface area contributed by atoms with Crippen LogP contribution in [0.25, 0.3) is 21.8 Å². The van der Waals surface area contributed by atoms with Crippen LogP contribution in [0.5, 0.6) is 11.5 Å². The van der Waals surface area contributed by atoms with Crippen molar-refractivity contribution in [2.45, 2.75) is 40.5 Å². The van der Waals surface area contributed by atoms with Crippen LogP contribution in [0.2, 0.25) is 0 Å². The first kappa shape index (κ1) is 26.0. The summed E-state index contributed by atoms with van der Waals surface area (Å²) in [6, 6.07) is 11.6. The van der Waals surface area contributed by atoms with Crippen molar-refractivity contribution in [1.82, 2.24) is 14.4 Å². The van der Waals surface area contributed by atoms with Gasteiger partial charge in [-0.15, -0.1) is 0 Å². The Labute approximate surface area is 204 Å². The van der Waals surface area contributed by atoms with Crippen molar-refractivity contribution in [3.05, 3.63) is 46.6 Å². The number of hydrogen-bond acceptors (Lipinski definition) is 5. The van der Waals surface area contributed by atoms with Gasteiger partial charge < -0.3 is 23.8 Å². The fourth-order valence-corrected chi connectivity index (χ4v) is 4.46. The summed E-state index contributed by atoms with van der Waals surface area (Å²) in [4.78, 5) is 18.1. The van der Waals surface area contributed by atoms with Crippen LogP contribution in [0.4, 0.5) is 0 Å². The van der Waals surface area contributed by atoms with E-state index in [9.17, 15) is 4.79 Å². The van der Waals surface area contributed by atoms with Crippen molar-refractivity contribution in [2.75, 3.05) is 52.5 Å². The smallest absolute Gasteiger partial charge is 0.197 e. The highest BCUT2D eigenvalue weighted by Crippen LogP contribution is 2.25. The zero-order chi connectivity index (χ0) is 24.5. The van der Waals surface area contributed by atoms with Crippen LogP contribution in [0.15, 0.2) is 41.2 Å². The molecule has 3 rings (SSSR count). The molecule has 0 amide bonds. The number of pyridine rings is 1. The Balaban J connectivity index is 1.73. The quantitative estimate of drug-likeness (QED) is 0.249. The van der Waals surface area contributed by atoms with Gasteiger partial charge in [-0.25, -0.2) is 0 Å². The largest absolute Gasteiger partial charge is 0.494 e. The highest BCUT2D eigenvalue weighted by Gasteiger charge is 2.11. The molecule has 0 spiro atoms. The molecule has 0 fully saturated rings. The minimum Gasteiger partial charge on any atom is -0.494 e. The normalized spacial score (nSPS) is 11.7. The molecule has 0 N–H and O–H groups in total. The van der Waals surface area contributed by atoms with Gasteiger partial charge in [-0.3, -0.25) is 4.79 Å². The van der Waals surface area contributed by atoms with Crippen molar-refractivity contribution >= 4 is 21.8 Å². The first-order valence-corrected chi connectivity index (χ1v) is 12.8. The molecule has 3 aromatic rings. The van der Waals surface area contributed by atoms with Gasteiger partial charge >= 0.3 is 0 Å². The Morgan fingerprint density at radius 2 is 1.24 bits per heavy atom. The first-order chi connectivity index (χ1) is 16.5. The molecule has 0 aliphatic rings. The first-order valence-electron chi connectivity index (χ1n) is 12.8. The van der Waals surface area contributed by atoms with Crippen LogP contribution in [-0.2, 0) is 7.05 Å². The van der Waals surface area contributed by atoms with Crippen LogP contribution in [0, 0.1) is 0 Å². The second-order valence-corrected chi connectivity index (χ2v) is 8.70. The average molecular weight is 468 g/mol. The lowest BCUT2D eigenvalue weighted by molar-refractivity contribution is 0.249. The molecule has 0 atom stereocenters. The number of nitrogens with zero attached hydrogens (tertiary/aromatic N) is 3. The van der Waals surface area contributed by atoms with Gasteiger partial charge in [0.15, 0.2) is 5.43 Å². The Kier molecular flexibility index (Phi) is 9.78. The van der Waals surface area contributed by atoms with E-state index in [4.69, 9.17) is 9.47 Å². The summed E-state index contributed by atoms with van der Waals surface area (Å²) in [6.07, 6.45) is 1.95. The molecule has 0 saturated heterocycles. The lowest BCUT2D eigenvalue weighted by Crippen LogP contribution is -2.25. The molecule has 0 aliphatic heterocycles. The standard InChI is InChI=1S/C28H41N3O3/c1-6-30(7-2)16-10-18-33-22-13-15-26-25(20-22)28(32)24-14-12-23(21-27(24)29(26)5)34-19-11-17-31(8-3)9-4/h12-15,20-21H,6-11,16-19H2,1-5H3. The van der Waals surface area contributed by atoms with E-state index in [1.54, 1.807) is 0 Å². The van der Waals surface area contributed by atoms with Gasteiger partial charge in [0.05, 0.1) is 24.2 Å². The molecule has 1 aromatic heterocycles. The Morgan fingerprint density at radius 1 is 0.706 bits per heavy atom. The van der Waals surface area contributed by atoms with Crippen molar-refractivity contribution in [3.63, 3.8) is 0 Å². The van der Waals surface area contributed by atoms with Crippen molar-refractivity contribution in [2.24, 2.45) is 7.05 Å². The monoisotopic (exact) mass is 467 g/mol. The third-order valence-corrected chi connectivity index (χ3v) is 6.71. The number of aromatic nitrogens is 1. The maximum absolute atomic E-state index is 13.3. The zero-order valence-corrected chi connectivity index (χ0v) is 21.6. The van der Waals surface area contributed by atoms with Gasteiger partial charge in [-0.2, -0.15) is 0 Å². The molecule has 2 aromatic carbocycles. The summed E-state index contributed by atoms with van der Waals surface area (Å²) in [5, 5.41) is 1.38. The van der Waals surface area contributed by atoms with Gasteiger partial charge in [0.2, 0.25) is 0 Å². The van der Waals surface area contributed by atoms with Crippen LogP contribution in [-0.4, -0.2) is 66.8 Å². The molecular formula is C28H41N3O3. The molecule has 0 aliphatic carbocycles. The molecule has 0 radical (unpaired) electrons. The predicted octanol–water partition coefficient (Wildman–Crippen LogP) is 4.91. The topological polar surface area (TPSA) is 46.9 Å². The van der Waals surface area contributed by atoms with E-state index >= 15 is 0 Å². The van der Waals surface area contributed by atoms with Crippen LogP contribution in [0.1, 0.15) is 40.5 Å². The van der Waals surface area contributed by atoms with Crippen LogP contribution < -0.4 is 14.9 Å². The lowest BCUT2D eigenvalue weighted by Gasteiger charge is -2.18. The summed E-state index contributed by atoms with van der Waals surface area (Å²) in [5.74, 6) is 1.55. The average Bonchev–Trinajstić information content (AvgIpc) is 2.87. The number of ether oxygens (including phenoxy) is 2. The molecule has 0 bridgehead atoms. The minimum atomic E-state index is 0.0322. The molecule has 6 nitrogen and oxygen atoms in total. The number of benzene rings is 2.